The highest BCUT2D eigenvalue weighted by Crippen LogP contribution is 2.76. The smallest absolute Gasteiger partial charge is 0.312 e. The Morgan fingerprint density at radius 3 is 2.24 bits per heavy atom. The van der Waals surface area contributed by atoms with E-state index in [2.05, 4.69) is 54.5 Å². The molecule has 0 spiro atoms. The van der Waals surface area contributed by atoms with Crippen molar-refractivity contribution >= 4 is 11.9 Å². The highest BCUT2D eigenvalue weighted by Gasteiger charge is 2.69. The summed E-state index contributed by atoms with van der Waals surface area (Å²) in [6, 6.07) is 0. The molecular weight excluding hydrogens is 460 g/mol. The van der Waals surface area contributed by atoms with Crippen molar-refractivity contribution in [1.29, 1.82) is 0 Å². The first kappa shape index (κ1) is 27.3. The molecule has 37 heavy (non-hydrogen) atoms. The largest absolute Gasteiger partial charge is 0.469 e. The van der Waals surface area contributed by atoms with Crippen LogP contribution in [0.4, 0.5) is 0 Å². The standard InChI is InChI=1S/C33H52O4/c1-20-12-17-33(28(35)36-9)19-18-31(7)23(27(33)21(20)2)10-11-25-30(6)15-14-26(37-22(3)34)29(4,5)24(30)13-16-32(25,31)8/h10,20-21,24-27H,11-19H2,1-9H3/t20-,21+,24?,25-,26+,27+,30+,31-,32-,33+/m1/s1. The molecule has 4 heteroatoms. The fraction of sp³-hybridized carbons (Fsp3) is 0.879. The molecule has 4 fully saturated rings. The number of methoxy groups -OCH3 is 1. The van der Waals surface area contributed by atoms with E-state index in [1.54, 1.807) is 19.6 Å². The summed E-state index contributed by atoms with van der Waals surface area (Å²) in [5.74, 6) is 2.45. The normalized spacial score (nSPS) is 50.4. The van der Waals surface area contributed by atoms with Gasteiger partial charge in [-0.05, 0) is 104 Å². The summed E-state index contributed by atoms with van der Waals surface area (Å²) in [6.45, 7) is 18.8. The third-order valence-corrected chi connectivity index (χ3v) is 13.8. The summed E-state index contributed by atoms with van der Waals surface area (Å²) in [5, 5.41) is 0. The van der Waals surface area contributed by atoms with Gasteiger partial charge in [0, 0.05) is 12.3 Å². The molecule has 5 rings (SSSR count). The molecule has 4 saturated carbocycles. The maximum Gasteiger partial charge on any atom is 0.312 e. The maximum absolute atomic E-state index is 13.4. The van der Waals surface area contributed by atoms with Crippen LogP contribution in [0.25, 0.3) is 0 Å². The molecule has 0 aromatic carbocycles. The number of rotatable bonds is 2. The highest BCUT2D eigenvalue weighted by atomic mass is 16.5. The van der Waals surface area contributed by atoms with Crippen LogP contribution >= 0.6 is 0 Å². The fourth-order valence-corrected chi connectivity index (χ4v) is 11.4. The predicted molar refractivity (Wildman–Crippen MR) is 147 cm³/mol. The monoisotopic (exact) mass is 512 g/mol. The minimum atomic E-state index is -0.347. The molecule has 0 bridgehead atoms. The van der Waals surface area contributed by atoms with E-state index in [0.29, 0.717) is 29.6 Å². The van der Waals surface area contributed by atoms with E-state index < -0.39 is 0 Å². The van der Waals surface area contributed by atoms with Crippen molar-refractivity contribution in [3.8, 4) is 0 Å². The van der Waals surface area contributed by atoms with Crippen LogP contribution in [0, 0.1) is 56.7 Å². The first-order valence-electron chi connectivity index (χ1n) is 15.2. The Balaban J connectivity index is 1.57. The number of hydrogen-bond donors (Lipinski definition) is 0. The van der Waals surface area contributed by atoms with Crippen molar-refractivity contribution in [2.45, 2.75) is 119 Å². The lowest BCUT2D eigenvalue weighted by molar-refractivity contribution is -0.214. The Kier molecular flexibility index (Phi) is 6.33. The number of hydrogen-bond acceptors (Lipinski definition) is 4. The van der Waals surface area contributed by atoms with E-state index >= 15 is 0 Å². The van der Waals surface area contributed by atoms with Crippen molar-refractivity contribution < 1.29 is 19.1 Å². The number of allylic oxidation sites excluding steroid dienone is 2. The second-order valence-corrected chi connectivity index (χ2v) is 15.3. The Bertz CT molecular complexity index is 996. The zero-order valence-electron chi connectivity index (χ0n) is 25.0. The Morgan fingerprint density at radius 1 is 0.892 bits per heavy atom. The molecular formula is C33H52O4. The van der Waals surface area contributed by atoms with Crippen LogP contribution in [0.1, 0.15) is 113 Å². The second-order valence-electron chi connectivity index (χ2n) is 15.3. The molecule has 0 aromatic rings. The molecule has 10 atom stereocenters. The van der Waals surface area contributed by atoms with Gasteiger partial charge in [-0.1, -0.05) is 60.1 Å². The zero-order valence-corrected chi connectivity index (χ0v) is 25.0. The second kappa shape index (κ2) is 8.59. The van der Waals surface area contributed by atoms with Crippen molar-refractivity contribution in [3.05, 3.63) is 11.6 Å². The summed E-state index contributed by atoms with van der Waals surface area (Å²) >= 11 is 0. The molecule has 1 unspecified atom stereocenters. The lowest BCUT2D eigenvalue weighted by atomic mass is 9.33. The average Bonchev–Trinajstić information content (AvgIpc) is 2.83. The van der Waals surface area contributed by atoms with Crippen LogP contribution < -0.4 is 0 Å². The van der Waals surface area contributed by atoms with Crippen LogP contribution in [0.15, 0.2) is 11.6 Å². The van der Waals surface area contributed by atoms with Gasteiger partial charge in [0.15, 0.2) is 0 Å². The molecule has 0 amide bonds. The minimum absolute atomic E-state index is 0.0117. The van der Waals surface area contributed by atoms with Crippen LogP contribution in [0.2, 0.25) is 0 Å². The van der Waals surface area contributed by atoms with Gasteiger partial charge in [-0.3, -0.25) is 9.59 Å². The van der Waals surface area contributed by atoms with Crippen molar-refractivity contribution in [2.24, 2.45) is 56.7 Å². The van der Waals surface area contributed by atoms with Gasteiger partial charge >= 0.3 is 11.9 Å². The third kappa shape index (κ3) is 3.45. The number of carbonyl (C=O) groups is 2. The van der Waals surface area contributed by atoms with Crippen LogP contribution in [-0.2, 0) is 19.1 Å². The highest BCUT2D eigenvalue weighted by molar-refractivity contribution is 5.78. The third-order valence-electron chi connectivity index (χ3n) is 13.8. The summed E-state index contributed by atoms with van der Waals surface area (Å²) in [4.78, 5) is 25.4. The molecule has 0 aromatic heterocycles. The molecule has 0 radical (unpaired) electrons. The Morgan fingerprint density at radius 2 is 1.59 bits per heavy atom. The van der Waals surface area contributed by atoms with Crippen molar-refractivity contribution in [1.82, 2.24) is 0 Å². The molecule has 0 heterocycles. The molecule has 4 nitrogen and oxygen atoms in total. The number of esters is 2. The summed E-state index contributed by atoms with van der Waals surface area (Å²) in [7, 11) is 1.59. The first-order valence-corrected chi connectivity index (χ1v) is 15.2. The molecule has 0 N–H and O–H groups in total. The minimum Gasteiger partial charge on any atom is -0.469 e. The zero-order chi connectivity index (χ0) is 27.2. The Hall–Kier alpha value is -1.32. The van der Waals surface area contributed by atoms with E-state index in [1.165, 1.54) is 12.8 Å². The quantitative estimate of drug-likeness (QED) is 0.280. The fourth-order valence-electron chi connectivity index (χ4n) is 11.4. The topological polar surface area (TPSA) is 52.6 Å². The maximum atomic E-state index is 13.4. The van der Waals surface area contributed by atoms with Crippen LogP contribution in [0.3, 0.4) is 0 Å². The lowest BCUT2D eigenvalue weighted by Crippen LogP contribution is -2.65. The van der Waals surface area contributed by atoms with Gasteiger partial charge < -0.3 is 9.47 Å². The van der Waals surface area contributed by atoms with Gasteiger partial charge in [-0.15, -0.1) is 0 Å². The summed E-state index contributed by atoms with van der Waals surface area (Å²) in [6.07, 6.45) is 12.4. The van der Waals surface area contributed by atoms with Gasteiger partial charge in [0.25, 0.3) is 0 Å². The van der Waals surface area contributed by atoms with Gasteiger partial charge in [0.1, 0.15) is 6.10 Å². The SMILES string of the molecule is COC(=O)[C@]12CC[C@@H](C)[C@H](C)[C@H]1C1=CC[C@@H]3[C@@]4(C)CC[C@H](OC(C)=O)C(C)(C)C4CC[C@@]3(C)[C@]1(C)CC2. The van der Waals surface area contributed by atoms with E-state index in [0.717, 1.165) is 44.9 Å². The van der Waals surface area contributed by atoms with Crippen LogP contribution in [0.5, 0.6) is 0 Å². The lowest BCUT2D eigenvalue weighted by Gasteiger charge is -2.71. The summed E-state index contributed by atoms with van der Waals surface area (Å²) < 4.78 is 11.4. The number of fused-ring (bicyclic) bond motifs is 7. The average molecular weight is 513 g/mol. The number of carbonyl (C=O) groups excluding carboxylic acids is 2. The van der Waals surface area contributed by atoms with E-state index in [9.17, 15) is 9.59 Å². The Labute approximate surface area is 225 Å². The van der Waals surface area contributed by atoms with E-state index in [4.69, 9.17) is 9.47 Å². The molecule has 5 aliphatic rings. The van der Waals surface area contributed by atoms with E-state index in [1.807, 2.05) is 0 Å². The molecule has 0 aliphatic heterocycles. The predicted octanol–water partition coefficient (Wildman–Crippen LogP) is 7.75. The first-order chi connectivity index (χ1) is 17.2. The molecule has 5 aliphatic carbocycles. The number of ether oxygens (including phenoxy) is 2. The molecule has 0 saturated heterocycles. The molecule has 208 valence electrons. The summed E-state index contributed by atoms with van der Waals surface area (Å²) in [5.41, 5.74) is 1.76. The van der Waals surface area contributed by atoms with Gasteiger partial charge in [0.2, 0.25) is 0 Å². The van der Waals surface area contributed by atoms with Crippen molar-refractivity contribution in [3.63, 3.8) is 0 Å². The van der Waals surface area contributed by atoms with Gasteiger partial charge in [0.05, 0.1) is 12.5 Å². The van der Waals surface area contributed by atoms with Crippen molar-refractivity contribution in [2.75, 3.05) is 7.11 Å². The van der Waals surface area contributed by atoms with Gasteiger partial charge in [-0.25, -0.2) is 0 Å². The van der Waals surface area contributed by atoms with E-state index in [-0.39, 0.29) is 45.1 Å². The van der Waals surface area contributed by atoms with Crippen LogP contribution in [-0.4, -0.2) is 25.2 Å². The van der Waals surface area contributed by atoms with Gasteiger partial charge in [-0.2, -0.15) is 0 Å².